The van der Waals surface area contributed by atoms with E-state index in [1.54, 1.807) is 0 Å². The molecule has 0 radical (unpaired) electrons. The summed E-state index contributed by atoms with van der Waals surface area (Å²) in [6.45, 7) is 13.1. The number of benzene rings is 7. The highest BCUT2D eigenvalue weighted by atomic mass is 15.0. The number of nitriles is 1. The molecule has 0 unspecified atom stereocenters. The number of aromatic nitrogens is 3. The van der Waals surface area contributed by atoms with E-state index in [2.05, 4.69) is 195 Å². The molecule has 3 heterocycles. The van der Waals surface area contributed by atoms with E-state index in [9.17, 15) is 5.26 Å². The Morgan fingerprint density at radius 2 is 0.879 bits per heavy atom. The van der Waals surface area contributed by atoms with E-state index in [4.69, 9.17) is 0 Å². The van der Waals surface area contributed by atoms with Gasteiger partial charge in [-0.2, -0.15) is 5.26 Å². The molecule has 0 aliphatic rings. The van der Waals surface area contributed by atoms with Crippen molar-refractivity contribution in [2.75, 3.05) is 0 Å². The fourth-order valence-electron chi connectivity index (χ4n) is 9.84. The Morgan fingerprint density at radius 1 is 0.431 bits per heavy atom. The van der Waals surface area contributed by atoms with Gasteiger partial charge in [0.15, 0.2) is 0 Å². The summed E-state index contributed by atoms with van der Waals surface area (Å²) in [7, 11) is 0. The first-order valence-corrected chi connectivity index (χ1v) is 19.9. The zero-order valence-corrected chi connectivity index (χ0v) is 33.6. The molecule has 0 atom stereocenters. The van der Waals surface area contributed by atoms with Crippen molar-refractivity contribution < 1.29 is 0 Å². The number of nitrogens with zero attached hydrogens (tertiary/aromatic N) is 4. The molecule has 0 spiro atoms. The van der Waals surface area contributed by atoms with Crippen LogP contribution in [-0.2, 0) is 0 Å². The average Bonchev–Trinajstić information content (AvgIpc) is 3.72. The number of pyridine rings is 1. The van der Waals surface area contributed by atoms with Gasteiger partial charge in [-0.05, 0) is 140 Å². The molecule has 4 heteroatoms. The van der Waals surface area contributed by atoms with E-state index >= 15 is 0 Å². The van der Waals surface area contributed by atoms with Crippen molar-refractivity contribution in [3.8, 4) is 50.8 Å². The summed E-state index contributed by atoms with van der Waals surface area (Å²) in [6.07, 6.45) is 3.70. The summed E-state index contributed by atoms with van der Waals surface area (Å²) in [5, 5.41) is 15.8. The largest absolute Gasteiger partial charge is 0.309 e. The molecule has 0 fully saturated rings. The van der Waals surface area contributed by atoms with Gasteiger partial charge >= 0.3 is 0 Å². The summed E-state index contributed by atoms with van der Waals surface area (Å²) >= 11 is 0. The van der Waals surface area contributed by atoms with Gasteiger partial charge in [0.05, 0.1) is 39.0 Å². The van der Waals surface area contributed by atoms with Gasteiger partial charge in [-0.15, -0.1) is 0 Å². The van der Waals surface area contributed by atoms with Crippen LogP contribution in [0, 0.1) is 52.9 Å². The van der Waals surface area contributed by atoms with Crippen LogP contribution in [-0.4, -0.2) is 14.1 Å². The maximum atomic E-state index is 11.2. The maximum Gasteiger partial charge on any atom is 0.101 e. The standard InChI is InChI=1S/C54H42N4/c1-32-23-34(3)53(35(4)24-32)39-15-17-44-42-11-7-9-13-47(42)57(50(44)27-39)49-30-46(38-19-21-56-22-20-38)52(29-41(49)31-55)58-48-14-10-8-12-43(48)45-18-16-40(28-51(45)58)54-36(5)25-33(2)26-37(54)6/h7-30H,1-6H3. The summed E-state index contributed by atoms with van der Waals surface area (Å²) in [5.74, 6) is 0. The van der Waals surface area contributed by atoms with Crippen molar-refractivity contribution >= 4 is 43.6 Å². The molecule has 0 saturated heterocycles. The number of fused-ring (bicyclic) bond motifs is 6. The van der Waals surface area contributed by atoms with Crippen LogP contribution in [0.2, 0.25) is 0 Å². The molecule has 7 aromatic carbocycles. The molecular formula is C54H42N4. The average molecular weight is 747 g/mol. The molecule has 0 aliphatic heterocycles. The lowest BCUT2D eigenvalue weighted by Gasteiger charge is -2.19. The molecule has 0 bridgehead atoms. The molecular weight excluding hydrogens is 705 g/mol. The van der Waals surface area contributed by atoms with Crippen molar-refractivity contribution in [2.45, 2.75) is 41.5 Å². The lowest BCUT2D eigenvalue weighted by Crippen LogP contribution is -2.04. The fraction of sp³-hybridized carbons (Fsp3) is 0.111. The first kappa shape index (κ1) is 35.2. The second-order valence-electron chi connectivity index (χ2n) is 16.0. The minimum atomic E-state index is 0.593. The van der Waals surface area contributed by atoms with Crippen molar-refractivity contribution in [2.24, 2.45) is 0 Å². The smallest absolute Gasteiger partial charge is 0.101 e. The quantitative estimate of drug-likeness (QED) is 0.176. The van der Waals surface area contributed by atoms with Crippen LogP contribution in [0.15, 0.2) is 146 Å². The second-order valence-corrected chi connectivity index (χ2v) is 16.0. The Kier molecular flexibility index (Phi) is 8.18. The van der Waals surface area contributed by atoms with E-state index < -0.39 is 0 Å². The zero-order chi connectivity index (χ0) is 39.8. The van der Waals surface area contributed by atoms with Crippen LogP contribution in [0.4, 0.5) is 0 Å². The van der Waals surface area contributed by atoms with Crippen molar-refractivity contribution in [1.29, 1.82) is 5.26 Å². The Bertz CT molecular complexity index is 3310. The van der Waals surface area contributed by atoms with Gasteiger partial charge in [-0.3, -0.25) is 4.98 Å². The highest BCUT2D eigenvalue weighted by molar-refractivity contribution is 6.12. The summed E-state index contributed by atoms with van der Waals surface area (Å²) in [4.78, 5) is 4.41. The molecule has 10 aromatic rings. The van der Waals surface area contributed by atoms with E-state index in [0.717, 1.165) is 60.9 Å². The highest BCUT2D eigenvalue weighted by Gasteiger charge is 2.23. The number of hydrogen-bond donors (Lipinski definition) is 0. The molecule has 0 amide bonds. The Morgan fingerprint density at radius 3 is 1.36 bits per heavy atom. The topological polar surface area (TPSA) is 46.5 Å². The van der Waals surface area contributed by atoms with Gasteiger partial charge in [-0.1, -0.05) is 96.1 Å². The highest BCUT2D eigenvalue weighted by Crippen LogP contribution is 2.43. The number of rotatable bonds is 5. The van der Waals surface area contributed by atoms with Crippen LogP contribution in [0.3, 0.4) is 0 Å². The van der Waals surface area contributed by atoms with Gasteiger partial charge in [0.25, 0.3) is 0 Å². The van der Waals surface area contributed by atoms with Crippen LogP contribution < -0.4 is 0 Å². The predicted molar refractivity (Wildman–Crippen MR) is 242 cm³/mol. The summed E-state index contributed by atoms with van der Waals surface area (Å²) in [5.41, 5.74) is 21.1. The number of hydrogen-bond acceptors (Lipinski definition) is 2. The lowest BCUT2D eigenvalue weighted by atomic mass is 9.93. The minimum Gasteiger partial charge on any atom is -0.309 e. The summed E-state index contributed by atoms with van der Waals surface area (Å²) in [6, 6.07) is 51.0. The zero-order valence-electron chi connectivity index (χ0n) is 33.6. The molecule has 278 valence electrons. The molecule has 0 saturated carbocycles. The third kappa shape index (κ3) is 5.46. The normalized spacial score (nSPS) is 11.6. The van der Waals surface area contributed by atoms with Gasteiger partial charge in [0.1, 0.15) is 6.07 Å². The van der Waals surface area contributed by atoms with Crippen LogP contribution in [0.5, 0.6) is 0 Å². The molecule has 4 nitrogen and oxygen atoms in total. The SMILES string of the molecule is Cc1cc(C)c(-c2ccc3c4ccccc4n(-c4cc(-c5ccncc5)c(-n5c6ccccc6c6ccc(-c7c(C)cc(C)cc7C)cc65)cc4C#N)c3c2)c(C)c1. The Labute approximate surface area is 338 Å². The maximum absolute atomic E-state index is 11.2. The van der Waals surface area contributed by atoms with E-state index in [0.29, 0.717) is 5.56 Å². The van der Waals surface area contributed by atoms with Crippen LogP contribution in [0.25, 0.3) is 88.4 Å². The van der Waals surface area contributed by atoms with Gasteiger partial charge in [-0.25, -0.2) is 0 Å². The van der Waals surface area contributed by atoms with Crippen LogP contribution >= 0.6 is 0 Å². The third-order valence-electron chi connectivity index (χ3n) is 12.0. The van der Waals surface area contributed by atoms with Crippen molar-refractivity contribution in [3.63, 3.8) is 0 Å². The Hall–Kier alpha value is -7.22. The van der Waals surface area contributed by atoms with Gasteiger partial charge < -0.3 is 9.13 Å². The van der Waals surface area contributed by atoms with Gasteiger partial charge in [0.2, 0.25) is 0 Å². The van der Waals surface area contributed by atoms with E-state index in [-0.39, 0.29) is 0 Å². The first-order chi connectivity index (χ1) is 28.2. The van der Waals surface area contributed by atoms with Gasteiger partial charge in [0, 0.05) is 39.5 Å². The van der Waals surface area contributed by atoms with Crippen molar-refractivity contribution in [3.05, 3.63) is 185 Å². The fourth-order valence-corrected chi connectivity index (χ4v) is 9.84. The molecule has 3 aromatic heterocycles. The monoisotopic (exact) mass is 746 g/mol. The molecule has 10 rings (SSSR count). The number of para-hydroxylation sites is 2. The minimum absolute atomic E-state index is 0.593. The molecule has 58 heavy (non-hydrogen) atoms. The first-order valence-electron chi connectivity index (χ1n) is 19.9. The van der Waals surface area contributed by atoms with E-state index in [1.165, 1.54) is 60.8 Å². The number of aryl methyl sites for hydroxylation is 6. The lowest BCUT2D eigenvalue weighted by molar-refractivity contribution is 1.13. The predicted octanol–water partition coefficient (Wildman–Crippen LogP) is 14.0. The summed E-state index contributed by atoms with van der Waals surface area (Å²) < 4.78 is 4.66. The van der Waals surface area contributed by atoms with Crippen molar-refractivity contribution in [1.82, 2.24) is 14.1 Å². The van der Waals surface area contributed by atoms with Crippen LogP contribution in [0.1, 0.15) is 38.9 Å². The Balaban J connectivity index is 1.30. The van der Waals surface area contributed by atoms with E-state index in [1.807, 2.05) is 12.4 Å². The molecule has 0 aliphatic carbocycles. The third-order valence-corrected chi connectivity index (χ3v) is 12.0. The second kappa shape index (κ2) is 13.5. The molecule has 0 N–H and O–H groups in total.